The van der Waals surface area contributed by atoms with Crippen LogP contribution in [-0.2, 0) is 6.54 Å². The van der Waals surface area contributed by atoms with Crippen molar-refractivity contribution in [1.82, 2.24) is 20.6 Å². The predicted molar refractivity (Wildman–Crippen MR) is 56.1 cm³/mol. The van der Waals surface area contributed by atoms with Gasteiger partial charge in [-0.2, -0.15) is 0 Å². The fourth-order valence-corrected chi connectivity index (χ4v) is 1.83. The minimum absolute atomic E-state index is 0.611. The zero-order valence-electron chi connectivity index (χ0n) is 8.64. The smallest absolute Gasteiger partial charge is 0.0925 e. The topological polar surface area (TPSA) is 52.7 Å². The summed E-state index contributed by atoms with van der Waals surface area (Å²) in [5, 5.41) is 6.91. The molecule has 1 fully saturated rings. The van der Waals surface area contributed by atoms with E-state index in [2.05, 4.69) is 27.5 Å². The van der Waals surface area contributed by atoms with E-state index in [1.807, 2.05) is 0 Å². The van der Waals surface area contributed by atoms with Crippen LogP contribution >= 0.6 is 0 Å². The van der Waals surface area contributed by atoms with Gasteiger partial charge in [-0.3, -0.25) is 0 Å². The molecule has 0 radical (unpaired) electrons. The molecule has 3 N–H and O–H groups in total. The normalized spacial score (nSPS) is 22.5. The van der Waals surface area contributed by atoms with E-state index in [4.69, 9.17) is 0 Å². The van der Waals surface area contributed by atoms with Gasteiger partial charge in [0, 0.05) is 24.8 Å². The monoisotopic (exact) mass is 194 g/mol. The van der Waals surface area contributed by atoms with Crippen molar-refractivity contribution in [1.29, 1.82) is 0 Å². The first-order chi connectivity index (χ1) is 6.86. The fourth-order valence-electron chi connectivity index (χ4n) is 1.83. The van der Waals surface area contributed by atoms with Gasteiger partial charge in [0.25, 0.3) is 0 Å². The van der Waals surface area contributed by atoms with E-state index in [9.17, 15) is 0 Å². The van der Waals surface area contributed by atoms with Crippen LogP contribution < -0.4 is 10.6 Å². The van der Waals surface area contributed by atoms with Crippen LogP contribution in [0.15, 0.2) is 6.33 Å². The highest BCUT2D eigenvalue weighted by molar-refractivity contribution is 5.08. The van der Waals surface area contributed by atoms with Crippen molar-refractivity contribution in [2.24, 2.45) is 0 Å². The van der Waals surface area contributed by atoms with Crippen LogP contribution in [0.4, 0.5) is 0 Å². The van der Waals surface area contributed by atoms with Gasteiger partial charge in [0.2, 0.25) is 0 Å². The summed E-state index contributed by atoms with van der Waals surface area (Å²) in [4.78, 5) is 7.35. The standard InChI is InChI=1S/C10H18N4/c1-8-10(14-7-13-8)6-12-9-3-2-4-11-5-9/h7,9,11-12H,2-6H2,1H3,(H,13,14). The number of aryl methyl sites for hydroxylation is 1. The average molecular weight is 194 g/mol. The molecule has 1 unspecified atom stereocenters. The van der Waals surface area contributed by atoms with E-state index in [0.29, 0.717) is 6.04 Å². The van der Waals surface area contributed by atoms with Gasteiger partial charge in [-0.05, 0) is 26.3 Å². The van der Waals surface area contributed by atoms with E-state index in [1.165, 1.54) is 25.1 Å². The minimum Gasteiger partial charge on any atom is -0.348 e. The Balaban J connectivity index is 1.79. The first-order valence-electron chi connectivity index (χ1n) is 5.29. The molecule has 1 aliphatic heterocycles. The van der Waals surface area contributed by atoms with E-state index < -0.39 is 0 Å². The Morgan fingerprint density at radius 2 is 2.57 bits per heavy atom. The molecule has 0 bridgehead atoms. The summed E-state index contributed by atoms with van der Waals surface area (Å²) in [6, 6.07) is 0.611. The number of aromatic nitrogens is 2. The first-order valence-corrected chi connectivity index (χ1v) is 5.29. The largest absolute Gasteiger partial charge is 0.348 e. The molecule has 1 atom stereocenters. The molecule has 0 amide bonds. The maximum absolute atomic E-state index is 4.26. The molecule has 1 aromatic heterocycles. The Bertz CT molecular complexity index is 275. The lowest BCUT2D eigenvalue weighted by molar-refractivity contribution is 0.387. The Kier molecular flexibility index (Phi) is 3.16. The number of hydrogen-bond acceptors (Lipinski definition) is 3. The van der Waals surface area contributed by atoms with E-state index in [1.54, 1.807) is 6.33 Å². The lowest BCUT2D eigenvalue weighted by atomic mass is 10.1. The number of nitrogens with one attached hydrogen (secondary N) is 3. The van der Waals surface area contributed by atoms with Gasteiger partial charge >= 0.3 is 0 Å². The van der Waals surface area contributed by atoms with E-state index >= 15 is 0 Å². The van der Waals surface area contributed by atoms with Gasteiger partial charge in [0.05, 0.1) is 12.0 Å². The van der Waals surface area contributed by atoms with Crippen molar-refractivity contribution in [2.45, 2.75) is 32.4 Å². The van der Waals surface area contributed by atoms with Crippen molar-refractivity contribution in [3.05, 3.63) is 17.7 Å². The Morgan fingerprint density at radius 1 is 1.64 bits per heavy atom. The summed E-state index contributed by atoms with van der Waals surface area (Å²) in [5.41, 5.74) is 2.30. The molecular formula is C10H18N4. The molecule has 4 nitrogen and oxygen atoms in total. The second-order valence-electron chi connectivity index (χ2n) is 3.90. The third-order valence-corrected chi connectivity index (χ3v) is 2.79. The lowest BCUT2D eigenvalue weighted by Gasteiger charge is -2.23. The number of imidazole rings is 1. The highest BCUT2D eigenvalue weighted by atomic mass is 15.0. The van der Waals surface area contributed by atoms with Crippen molar-refractivity contribution in [3.63, 3.8) is 0 Å². The van der Waals surface area contributed by atoms with Crippen molar-refractivity contribution < 1.29 is 0 Å². The van der Waals surface area contributed by atoms with Gasteiger partial charge in [0.1, 0.15) is 0 Å². The maximum Gasteiger partial charge on any atom is 0.0925 e. The van der Waals surface area contributed by atoms with Crippen LogP contribution in [0.5, 0.6) is 0 Å². The van der Waals surface area contributed by atoms with Gasteiger partial charge in [-0.25, -0.2) is 4.98 Å². The molecule has 2 rings (SSSR count). The summed E-state index contributed by atoms with van der Waals surface area (Å²) in [6.45, 7) is 5.19. The molecule has 1 aromatic rings. The molecule has 0 aromatic carbocycles. The van der Waals surface area contributed by atoms with Crippen LogP contribution in [0.25, 0.3) is 0 Å². The lowest BCUT2D eigenvalue weighted by Crippen LogP contribution is -2.42. The molecule has 0 aliphatic carbocycles. The van der Waals surface area contributed by atoms with E-state index in [-0.39, 0.29) is 0 Å². The van der Waals surface area contributed by atoms with Crippen molar-refractivity contribution in [2.75, 3.05) is 13.1 Å². The second kappa shape index (κ2) is 4.57. The summed E-state index contributed by atoms with van der Waals surface area (Å²) in [7, 11) is 0. The number of piperidine rings is 1. The SMILES string of the molecule is Cc1[nH]cnc1CNC1CCCNC1. The Labute approximate surface area is 84.5 Å². The van der Waals surface area contributed by atoms with Gasteiger partial charge < -0.3 is 15.6 Å². The molecule has 1 aliphatic rings. The molecule has 4 heteroatoms. The zero-order valence-corrected chi connectivity index (χ0v) is 8.64. The Morgan fingerprint density at radius 3 is 3.21 bits per heavy atom. The van der Waals surface area contributed by atoms with Crippen LogP contribution in [-0.4, -0.2) is 29.1 Å². The highest BCUT2D eigenvalue weighted by Crippen LogP contribution is 2.04. The van der Waals surface area contributed by atoms with Crippen molar-refractivity contribution >= 4 is 0 Å². The van der Waals surface area contributed by atoms with Gasteiger partial charge in [0.15, 0.2) is 0 Å². The van der Waals surface area contributed by atoms with Crippen LogP contribution in [0, 0.1) is 6.92 Å². The molecular weight excluding hydrogens is 176 g/mol. The molecule has 0 spiro atoms. The third-order valence-electron chi connectivity index (χ3n) is 2.79. The Hall–Kier alpha value is -0.870. The number of aromatic amines is 1. The third kappa shape index (κ3) is 2.33. The predicted octanol–water partition coefficient (Wildman–Crippen LogP) is 0.560. The summed E-state index contributed by atoms with van der Waals surface area (Å²) < 4.78 is 0. The highest BCUT2D eigenvalue weighted by Gasteiger charge is 2.12. The average Bonchev–Trinajstić information content (AvgIpc) is 2.63. The van der Waals surface area contributed by atoms with Crippen molar-refractivity contribution in [3.8, 4) is 0 Å². The number of H-pyrrole nitrogens is 1. The molecule has 14 heavy (non-hydrogen) atoms. The quantitative estimate of drug-likeness (QED) is 0.659. The maximum atomic E-state index is 4.26. The molecule has 78 valence electrons. The summed E-state index contributed by atoms with van der Waals surface area (Å²) in [6.07, 6.45) is 4.30. The fraction of sp³-hybridized carbons (Fsp3) is 0.700. The zero-order chi connectivity index (χ0) is 9.80. The second-order valence-corrected chi connectivity index (χ2v) is 3.90. The van der Waals surface area contributed by atoms with Crippen LogP contribution in [0.2, 0.25) is 0 Å². The number of nitrogens with zero attached hydrogens (tertiary/aromatic N) is 1. The molecule has 1 saturated heterocycles. The van der Waals surface area contributed by atoms with Crippen LogP contribution in [0.3, 0.4) is 0 Å². The number of hydrogen-bond donors (Lipinski definition) is 3. The first kappa shape index (κ1) is 9.68. The van der Waals surface area contributed by atoms with Gasteiger partial charge in [-0.15, -0.1) is 0 Å². The minimum atomic E-state index is 0.611. The molecule has 2 heterocycles. The summed E-state index contributed by atoms with van der Waals surface area (Å²) >= 11 is 0. The van der Waals surface area contributed by atoms with E-state index in [0.717, 1.165) is 18.8 Å². The number of rotatable bonds is 3. The molecule has 0 saturated carbocycles. The van der Waals surface area contributed by atoms with Crippen LogP contribution in [0.1, 0.15) is 24.2 Å². The van der Waals surface area contributed by atoms with Gasteiger partial charge in [-0.1, -0.05) is 0 Å². The summed E-state index contributed by atoms with van der Waals surface area (Å²) in [5.74, 6) is 0.